The van der Waals surface area contributed by atoms with Crippen LogP contribution in [0.3, 0.4) is 0 Å². The van der Waals surface area contributed by atoms with Gasteiger partial charge >= 0.3 is 6.03 Å². The number of nitrogens with one attached hydrogen (secondary N) is 3. The molecule has 126 valence electrons. The minimum atomic E-state index is -0.185. The molecule has 3 amide bonds. The fraction of sp³-hybridized carbons (Fsp3) is 0.529. The van der Waals surface area contributed by atoms with E-state index < -0.39 is 0 Å². The number of carbonyl (C=O) groups excluding carboxylic acids is 2. The quantitative estimate of drug-likeness (QED) is 0.700. The first kappa shape index (κ1) is 17.3. The number of benzene rings is 1. The third-order valence-corrected chi connectivity index (χ3v) is 4.03. The van der Waals surface area contributed by atoms with Crippen LogP contribution in [0.1, 0.15) is 25.7 Å². The number of anilines is 1. The Hall–Kier alpha value is -2.08. The van der Waals surface area contributed by atoms with Crippen LogP contribution < -0.4 is 16.0 Å². The van der Waals surface area contributed by atoms with E-state index in [1.165, 1.54) is 0 Å². The number of nitrogens with zero attached hydrogens (tertiary/aromatic N) is 1. The van der Waals surface area contributed by atoms with E-state index in [1.54, 1.807) is 0 Å². The number of piperidine rings is 1. The van der Waals surface area contributed by atoms with Crippen molar-refractivity contribution in [3.8, 4) is 0 Å². The lowest BCUT2D eigenvalue weighted by atomic mass is 10.0. The molecule has 6 nitrogen and oxygen atoms in total. The zero-order valence-corrected chi connectivity index (χ0v) is 13.7. The van der Waals surface area contributed by atoms with E-state index in [4.69, 9.17) is 0 Å². The number of urea groups is 1. The number of rotatable bonds is 6. The van der Waals surface area contributed by atoms with Crippen LogP contribution in [0.2, 0.25) is 0 Å². The maximum Gasteiger partial charge on any atom is 0.319 e. The summed E-state index contributed by atoms with van der Waals surface area (Å²) in [6.07, 6.45) is 3.07. The summed E-state index contributed by atoms with van der Waals surface area (Å²) in [4.78, 5) is 25.9. The lowest BCUT2D eigenvalue weighted by molar-refractivity contribution is -0.132. The smallest absolute Gasteiger partial charge is 0.319 e. The topological polar surface area (TPSA) is 73.5 Å². The number of hydrogen-bond acceptors (Lipinski definition) is 3. The monoisotopic (exact) mass is 318 g/mol. The summed E-state index contributed by atoms with van der Waals surface area (Å²) in [6.45, 7) is 2.30. The van der Waals surface area contributed by atoms with Crippen molar-refractivity contribution in [2.75, 3.05) is 32.0 Å². The van der Waals surface area contributed by atoms with Crippen LogP contribution in [0.25, 0.3) is 0 Å². The Labute approximate surface area is 137 Å². The molecule has 23 heavy (non-hydrogen) atoms. The largest absolute Gasteiger partial charge is 0.343 e. The molecule has 2 rings (SSSR count). The van der Waals surface area contributed by atoms with Gasteiger partial charge in [0.2, 0.25) is 5.91 Å². The molecule has 0 unspecified atom stereocenters. The molecule has 1 aromatic rings. The minimum Gasteiger partial charge on any atom is -0.343 e. The summed E-state index contributed by atoms with van der Waals surface area (Å²) >= 11 is 0. The summed E-state index contributed by atoms with van der Waals surface area (Å²) in [5.74, 6) is 0.215. The summed E-state index contributed by atoms with van der Waals surface area (Å²) in [6, 6.07) is 9.32. The fourth-order valence-corrected chi connectivity index (χ4v) is 2.72. The average Bonchev–Trinajstić information content (AvgIpc) is 2.56. The predicted molar refractivity (Wildman–Crippen MR) is 91.4 cm³/mol. The minimum absolute atomic E-state index is 0.125. The van der Waals surface area contributed by atoms with Gasteiger partial charge in [0.25, 0.3) is 0 Å². The predicted octanol–water partition coefficient (Wildman–Crippen LogP) is 1.80. The molecule has 6 heteroatoms. The number of hydrogen-bond donors (Lipinski definition) is 3. The standard InChI is InChI=1S/C17H26N4O2/c1-18-11-5-8-16(22)21-12-9-15(10-13-21)20-17(23)19-14-6-3-2-4-7-14/h2-4,6-7,15,18H,5,8-13H2,1H3,(H2,19,20,23). The van der Waals surface area contributed by atoms with Crippen LogP contribution in [-0.2, 0) is 4.79 Å². The Bertz CT molecular complexity index is 499. The summed E-state index contributed by atoms with van der Waals surface area (Å²) in [5, 5.41) is 8.85. The molecule has 0 aliphatic carbocycles. The molecule has 1 saturated heterocycles. The van der Waals surface area contributed by atoms with Gasteiger partial charge in [-0.25, -0.2) is 4.79 Å². The molecule has 0 aromatic heterocycles. The van der Waals surface area contributed by atoms with Gasteiger partial charge in [-0.2, -0.15) is 0 Å². The van der Waals surface area contributed by atoms with Crippen molar-refractivity contribution in [2.24, 2.45) is 0 Å². The van der Waals surface area contributed by atoms with Gasteiger partial charge in [-0.1, -0.05) is 18.2 Å². The molecular weight excluding hydrogens is 292 g/mol. The Balaban J connectivity index is 1.68. The zero-order valence-electron chi connectivity index (χ0n) is 13.7. The third-order valence-electron chi connectivity index (χ3n) is 4.03. The van der Waals surface area contributed by atoms with Crippen LogP contribution >= 0.6 is 0 Å². The van der Waals surface area contributed by atoms with Crippen molar-refractivity contribution in [1.29, 1.82) is 0 Å². The van der Waals surface area contributed by atoms with Gasteiger partial charge in [0.05, 0.1) is 0 Å². The average molecular weight is 318 g/mol. The van der Waals surface area contributed by atoms with Crippen LogP contribution in [0.4, 0.5) is 10.5 Å². The third kappa shape index (κ3) is 5.90. The molecule has 1 heterocycles. The van der Waals surface area contributed by atoms with Crippen molar-refractivity contribution in [3.63, 3.8) is 0 Å². The van der Waals surface area contributed by atoms with E-state index in [1.807, 2.05) is 42.3 Å². The van der Waals surface area contributed by atoms with Crippen LogP contribution in [-0.4, -0.2) is 49.6 Å². The Morgan fingerprint density at radius 2 is 1.87 bits per heavy atom. The van der Waals surface area contributed by atoms with E-state index in [0.717, 1.165) is 31.5 Å². The summed E-state index contributed by atoms with van der Waals surface area (Å²) in [7, 11) is 1.89. The van der Waals surface area contributed by atoms with Gasteiger partial charge in [0, 0.05) is 31.2 Å². The Morgan fingerprint density at radius 1 is 1.17 bits per heavy atom. The second kappa shape index (κ2) is 9.15. The molecule has 0 spiro atoms. The van der Waals surface area contributed by atoms with Crippen molar-refractivity contribution in [1.82, 2.24) is 15.5 Å². The van der Waals surface area contributed by atoms with Crippen molar-refractivity contribution >= 4 is 17.6 Å². The summed E-state index contributed by atoms with van der Waals surface area (Å²) < 4.78 is 0. The first-order valence-corrected chi connectivity index (χ1v) is 8.24. The Morgan fingerprint density at radius 3 is 2.52 bits per heavy atom. The molecular formula is C17H26N4O2. The normalized spacial score (nSPS) is 15.3. The SMILES string of the molecule is CNCCCC(=O)N1CCC(NC(=O)Nc2ccccc2)CC1. The van der Waals surface area contributed by atoms with Gasteiger partial charge in [-0.3, -0.25) is 4.79 Å². The molecule has 0 bridgehead atoms. The first-order chi connectivity index (χ1) is 11.2. The van der Waals surface area contributed by atoms with Gasteiger partial charge < -0.3 is 20.9 Å². The highest BCUT2D eigenvalue weighted by Crippen LogP contribution is 2.12. The van der Waals surface area contributed by atoms with Gasteiger partial charge in [-0.05, 0) is 45.0 Å². The van der Waals surface area contributed by atoms with Crippen LogP contribution in [0, 0.1) is 0 Å². The molecule has 1 fully saturated rings. The lowest BCUT2D eigenvalue weighted by Crippen LogP contribution is -2.47. The van der Waals surface area contributed by atoms with Gasteiger partial charge in [0.1, 0.15) is 0 Å². The highest BCUT2D eigenvalue weighted by atomic mass is 16.2. The highest BCUT2D eigenvalue weighted by molar-refractivity contribution is 5.89. The lowest BCUT2D eigenvalue weighted by Gasteiger charge is -2.32. The molecule has 0 atom stereocenters. The molecule has 0 saturated carbocycles. The molecule has 1 aromatic carbocycles. The number of likely N-dealkylation sites (tertiary alicyclic amines) is 1. The maximum absolute atomic E-state index is 12.0. The fourth-order valence-electron chi connectivity index (χ4n) is 2.72. The summed E-state index contributed by atoms with van der Waals surface area (Å²) in [5.41, 5.74) is 0.780. The molecule has 0 radical (unpaired) electrons. The van der Waals surface area contributed by atoms with Crippen molar-refractivity contribution in [2.45, 2.75) is 31.7 Å². The zero-order chi connectivity index (χ0) is 16.5. The second-order valence-electron chi connectivity index (χ2n) is 5.83. The van der Waals surface area contributed by atoms with Gasteiger partial charge in [0.15, 0.2) is 0 Å². The number of para-hydroxylation sites is 1. The first-order valence-electron chi connectivity index (χ1n) is 8.24. The number of amides is 3. The maximum atomic E-state index is 12.0. The molecule has 1 aliphatic rings. The molecule has 1 aliphatic heterocycles. The van der Waals surface area contributed by atoms with E-state index in [-0.39, 0.29) is 18.0 Å². The van der Waals surface area contributed by atoms with E-state index >= 15 is 0 Å². The van der Waals surface area contributed by atoms with Crippen LogP contribution in [0.15, 0.2) is 30.3 Å². The number of carbonyl (C=O) groups is 2. The molecule has 3 N–H and O–H groups in total. The van der Waals surface area contributed by atoms with Crippen molar-refractivity contribution < 1.29 is 9.59 Å². The van der Waals surface area contributed by atoms with Crippen LogP contribution in [0.5, 0.6) is 0 Å². The van der Waals surface area contributed by atoms with Gasteiger partial charge in [-0.15, -0.1) is 0 Å². The second-order valence-corrected chi connectivity index (χ2v) is 5.83. The van der Waals surface area contributed by atoms with E-state index in [9.17, 15) is 9.59 Å². The Kier molecular flexibility index (Phi) is 6.87. The van der Waals surface area contributed by atoms with Crippen molar-refractivity contribution in [3.05, 3.63) is 30.3 Å². The van der Waals surface area contributed by atoms with E-state index in [2.05, 4.69) is 16.0 Å². The highest BCUT2D eigenvalue weighted by Gasteiger charge is 2.23. The van der Waals surface area contributed by atoms with E-state index in [0.29, 0.717) is 19.5 Å².